The highest BCUT2D eigenvalue weighted by atomic mass is 16.5. The molecule has 34 heavy (non-hydrogen) atoms. The fourth-order valence-corrected chi connectivity index (χ4v) is 3.65. The molecule has 0 fully saturated rings. The van der Waals surface area contributed by atoms with Gasteiger partial charge >= 0.3 is 0 Å². The van der Waals surface area contributed by atoms with E-state index in [1.54, 1.807) is 67.6 Å². The standard InChI is InChI=1S/C26H23N3O5/c1-16-11-12-19-25(32)20(24(31)17-7-6-8-18(13-17)33-2)14-29(26(19)27-16)15-23(30)28-21-9-4-5-10-22(21)34-3/h4-14H,15H2,1-3H3,(H,28,30). The Labute approximate surface area is 195 Å². The number of carbonyl (C=O) groups is 2. The zero-order chi connectivity index (χ0) is 24.2. The maximum atomic E-state index is 13.3. The minimum atomic E-state index is -0.467. The third kappa shape index (κ3) is 4.52. The summed E-state index contributed by atoms with van der Waals surface area (Å²) in [5.74, 6) is 0.187. The minimum Gasteiger partial charge on any atom is -0.497 e. The first-order valence-electron chi connectivity index (χ1n) is 10.5. The molecule has 0 aliphatic heterocycles. The Balaban J connectivity index is 1.77. The molecule has 2 aromatic carbocycles. The zero-order valence-electron chi connectivity index (χ0n) is 19.0. The first kappa shape index (κ1) is 22.7. The lowest BCUT2D eigenvalue weighted by Gasteiger charge is -2.14. The molecule has 172 valence electrons. The Bertz CT molecular complexity index is 1460. The molecule has 0 bridgehead atoms. The van der Waals surface area contributed by atoms with Gasteiger partial charge in [0.05, 0.1) is 30.9 Å². The summed E-state index contributed by atoms with van der Waals surface area (Å²) in [6.45, 7) is 1.63. The van der Waals surface area contributed by atoms with Gasteiger partial charge in [-0.15, -0.1) is 0 Å². The molecule has 0 aliphatic carbocycles. The number of carbonyl (C=O) groups excluding carboxylic acids is 2. The van der Waals surface area contributed by atoms with E-state index in [1.807, 2.05) is 0 Å². The number of nitrogens with one attached hydrogen (secondary N) is 1. The van der Waals surface area contributed by atoms with Crippen molar-refractivity contribution in [1.29, 1.82) is 0 Å². The third-order valence-electron chi connectivity index (χ3n) is 5.33. The molecule has 4 aromatic rings. The van der Waals surface area contributed by atoms with Crippen LogP contribution in [0.1, 0.15) is 21.6 Å². The highest BCUT2D eigenvalue weighted by molar-refractivity contribution is 6.10. The topological polar surface area (TPSA) is 99.5 Å². The van der Waals surface area contributed by atoms with Gasteiger partial charge in [-0.2, -0.15) is 0 Å². The number of hydrogen-bond acceptors (Lipinski definition) is 6. The predicted molar refractivity (Wildman–Crippen MR) is 129 cm³/mol. The van der Waals surface area contributed by atoms with Crippen LogP contribution >= 0.6 is 0 Å². The molecule has 0 atom stereocenters. The largest absolute Gasteiger partial charge is 0.497 e. The van der Waals surface area contributed by atoms with Gasteiger partial charge in [-0.3, -0.25) is 14.4 Å². The number of aryl methyl sites for hydroxylation is 1. The fraction of sp³-hybridized carbons (Fsp3) is 0.154. The number of para-hydroxylation sites is 2. The number of aromatic nitrogens is 2. The monoisotopic (exact) mass is 457 g/mol. The number of hydrogen-bond donors (Lipinski definition) is 1. The van der Waals surface area contributed by atoms with Crippen LogP contribution in [0.15, 0.2) is 71.7 Å². The average molecular weight is 457 g/mol. The number of nitrogens with zero attached hydrogens (tertiary/aromatic N) is 2. The summed E-state index contributed by atoms with van der Waals surface area (Å²) in [6, 6.07) is 16.9. The second kappa shape index (κ2) is 9.58. The van der Waals surface area contributed by atoms with E-state index in [2.05, 4.69) is 10.3 Å². The molecular formula is C26H23N3O5. The van der Waals surface area contributed by atoms with Crippen molar-refractivity contribution in [3.8, 4) is 11.5 Å². The summed E-state index contributed by atoms with van der Waals surface area (Å²) in [4.78, 5) is 43.8. The second-order valence-electron chi connectivity index (χ2n) is 7.63. The van der Waals surface area contributed by atoms with E-state index in [9.17, 15) is 14.4 Å². The van der Waals surface area contributed by atoms with Crippen molar-refractivity contribution in [1.82, 2.24) is 9.55 Å². The molecule has 8 heteroatoms. The Morgan fingerprint density at radius 1 is 1.00 bits per heavy atom. The van der Waals surface area contributed by atoms with E-state index in [0.29, 0.717) is 34.1 Å². The van der Waals surface area contributed by atoms with Crippen molar-refractivity contribution in [3.05, 3.63) is 93.9 Å². The number of rotatable bonds is 7. The molecule has 0 aliphatic rings. The number of pyridine rings is 2. The number of anilines is 1. The van der Waals surface area contributed by atoms with Crippen LogP contribution in [0, 0.1) is 6.92 Å². The predicted octanol–water partition coefficient (Wildman–Crippen LogP) is 3.59. The quantitative estimate of drug-likeness (QED) is 0.426. The molecule has 8 nitrogen and oxygen atoms in total. The Morgan fingerprint density at radius 2 is 1.79 bits per heavy atom. The number of ether oxygens (including phenoxy) is 2. The summed E-state index contributed by atoms with van der Waals surface area (Å²) in [6.07, 6.45) is 1.39. The van der Waals surface area contributed by atoms with Gasteiger partial charge in [0, 0.05) is 17.5 Å². The molecule has 0 saturated heterocycles. The Hall–Kier alpha value is -4.46. The fourth-order valence-electron chi connectivity index (χ4n) is 3.65. The van der Waals surface area contributed by atoms with Gasteiger partial charge in [-0.1, -0.05) is 24.3 Å². The van der Waals surface area contributed by atoms with Gasteiger partial charge in [-0.25, -0.2) is 4.98 Å². The second-order valence-corrected chi connectivity index (χ2v) is 7.63. The van der Waals surface area contributed by atoms with E-state index < -0.39 is 11.2 Å². The van der Waals surface area contributed by atoms with Crippen LogP contribution in [0.5, 0.6) is 11.5 Å². The van der Waals surface area contributed by atoms with Crippen molar-refractivity contribution in [3.63, 3.8) is 0 Å². The molecule has 1 N–H and O–H groups in total. The molecule has 1 amide bonds. The number of methoxy groups -OCH3 is 2. The lowest BCUT2D eigenvalue weighted by molar-refractivity contribution is -0.116. The highest BCUT2D eigenvalue weighted by Gasteiger charge is 2.20. The lowest BCUT2D eigenvalue weighted by atomic mass is 10.0. The molecule has 0 unspecified atom stereocenters. The third-order valence-corrected chi connectivity index (χ3v) is 5.33. The average Bonchev–Trinajstić information content (AvgIpc) is 2.85. The number of ketones is 1. The van der Waals surface area contributed by atoms with Gasteiger partial charge in [0.1, 0.15) is 23.7 Å². The van der Waals surface area contributed by atoms with E-state index in [0.717, 1.165) is 0 Å². The Morgan fingerprint density at radius 3 is 2.56 bits per heavy atom. The van der Waals surface area contributed by atoms with Crippen molar-refractivity contribution >= 4 is 28.4 Å². The van der Waals surface area contributed by atoms with Crippen LogP contribution < -0.4 is 20.2 Å². The first-order chi connectivity index (χ1) is 16.4. The van der Waals surface area contributed by atoms with Crippen LogP contribution in [-0.2, 0) is 11.3 Å². The molecule has 0 spiro atoms. The van der Waals surface area contributed by atoms with Gasteiger partial charge in [0.15, 0.2) is 5.78 Å². The smallest absolute Gasteiger partial charge is 0.244 e. The van der Waals surface area contributed by atoms with E-state index in [1.165, 1.54) is 25.0 Å². The maximum Gasteiger partial charge on any atom is 0.244 e. The maximum absolute atomic E-state index is 13.3. The van der Waals surface area contributed by atoms with E-state index >= 15 is 0 Å². The molecule has 4 rings (SSSR count). The minimum absolute atomic E-state index is 0.0588. The summed E-state index contributed by atoms with van der Waals surface area (Å²) in [5.41, 5.74) is 1.31. The number of fused-ring (bicyclic) bond motifs is 1. The molecular weight excluding hydrogens is 434 g/mol. The molecule has 2 aromatic heterocycles. The van der Waals surface area contributed by atoms with Gasteiger partial charge in [0.25, 0.3) is 0 Å². The molecule has 2 heterocycles. The van der Waals surface area contributed by atoms with E-state index in [-0.39, 0.29) is 23.4 Å². The van der Waals surface area contributed by atoms with Crippen molar-refractivity contribution in [2.75, 3.05) is 19.5 Å². The highest BCUT2D eigenvalue weighted by Crippen LogP contribution is 2.23. The molecule has 0 saturated carbocycles. The van der Waals surface area contributed by atoms with Crippen LogP contribution in [0.3, 0.4) is 0 Å². The summed E-state index contributed by atoms with van der Waals surface area (Å²) < 4.78 is 12.0. The number of amides is 1. The van der Waals surface area contributed by atoms with Gasteiger partial charge < -0.3 is 19.4 Å². The van der Waals surface area contributed by atoms with Crippen LogP contribution in [0.25, 0.3) is 11.0 Å². The SMILES string of the molecule is COc1cccc(C(=O)c2cn(CC(=O)Nc3ccccc3OC)c3nc(C)ccc3c2=O)c1. The first-order valence-corrected chi connectivity index (χ1v) is 10.5. The van der Waals surface area contributed by atoms with Gasteiger partial charge in [0.2, 0.25) is 11.3 Å². The lowest BCUT2D eigenvalue weighted by Crippen LogP contribution is -2.25. The van der Waals surface area contributed by atoms with Crippen LogP contribution in [0.2, 0.25) is 0 Å². The number of benzene rings is 2. The summed E-state index contributed by atoms with van der Waals surface area (Å²) in [7, 11) is 3.02. The molecule has 0 radical (unpaired) electrons. The van der Waals surface area contributed by atoms with E-state index in [4.69, 9.17) is 9.47 Å². The normalized spacial score (nSPS) is 10.7. The zero-order valence-corrected chi connectivity index (χ0v) is 19.0. The van der Waals surface area contributed by atoms with Crippen molar-refractivity contribution < 1.29 is 19.1 Å². The van der Waals surface area contributed by atoms with Crippen molar-refractivity contribution in [2.45, 2.75) is 13.5 Å². The van der Waals surface area contributed by atoms with Gasteiger partial charge in [-0.05, 0) is 43.3 Å². The summed E-state index contributed by atoms with van der Waals surface area (Å²) >= 11 is 0. The van der Waals surface area contributed by atoms with Crippen LogP contribution in [-0.4, -0.2) is 35.5 Å². The van der Waals surface area contributed by atoms with Crippen molar-refractivity contribution in [2.24, 2.45) is 0 Å². The van der Waals surface area contributed by atoms with Crippen LogP contribution in [0.4, 0.5) is 5.69 Å². The summed E-state index contributed by atoms with van der Waals surface area (Å²) in [5, 5.41) is 3.06. The Kier molecular flexibility index (Phi) is 6.40.